The van der Waals surface area contributed by atoms with Gasteiger partial charge in [-0.15, -0.1) is 0 Å². The van der Waals surface area contributed by atoms with Crippen LogP contribution in [-0.2, 0) is 20.1 Å². The largest absolute Gasteiger partial charge is 0.508 e. The van der Waals surface area contributed by atoms with E-state index in [1.807, 2.05) is 0 Å². The number of unbranched alkanes of at least 4 members (excludes halogenated alkanes) is 5. The second-order valence-corrected chi connectivity index (χ2v) is 6.56. The topological polar surface area (TPSA) is 63.6 Å². The van der Waals surface area contributed by atoms with Crippen LogP contribution in [0.2, 0.25) is 0 Å². The first kappa shape index (κ1) is 17.0. The Balaban J connectivity index is 2.27. The third-order valence-electron chi connectivity index (χ3n) is 3.08. The molecule has 0 aliphatic rings. The van der Waals surface area contributed by atoms with Crippen molar-refractivity contribution in [2.24, 2.45) is 0 Å². The van der Waals surface area contributed by atoms with Crippen LogP contribution in [0.5, 0.6) is 5.75 Å². The number of aromatic hydroxyl groups is 1. The molecule has 0 amide bonds. The van der Waals surface area contributed by atoms with E-state index in [1.54, 1.807) is 18.2 Å². The van der Waals surface area contributed by atoms with Crippen LogP contribution >= 0.6 is 0 Å². The summed E-state index contributed by atoms with van der Waals surface area (Å²) in [4.78, 5) is 0. The molecular formula is C15H24O4S. The number of phenolic OH excluding ortho intramolecular Hbond substituents is 1. The molecular weight excluding hydrogens is 276 g/mol. The van der Waals surface area contributed by atoms with E-state index < -0.39 is 10.1 Å². The predicted octanol–water partition coefficient (Wildman–Crippen LogP) is 3.60. The van der Waals surface area contributed by atoms with Gasteiger partial charge in [0, 0.05) is 5.56 Å². The highest BCUT2D eigenvalue weighted by Crippen LogP contribution is 2.19. The molecule has 0 aliphatic carbocycles. The third-order valence-corrected chi connectivity index (χ3v) is 4.28. The second kappa shape index (κ2) is 8.97. The third kappa shape index (κ3) is 6.91. The second-order valence-electron chi connectivity index (χ2n) is 4.92. The minimum atomic E-state index is -3.61. The highest BCUT2D eigenvalue weighted by atomic mass is 32.2. The Labute approximate surface area is 121 Å². The van der Waals surface area contributed by atoms with Gasteiger partial charge in [0.2, 0.25) is 0 Å². The van der Waals surface area contributed by atoms with Crippen molar-refractivity contribution in [1.29, 1.82) is 0 Å². The van der Waals surface area contributed by atoms with Gasteiger partial charge in [0.15, 0.2) is 0 Å². The summed E-state index contributed by atoms with van der Waals surface area (Å²) in [5.74, 6) is -0.297. The molecule has 1 N–H and O–H groups in total. The molecule has 114 valence electrons. The van der Waals surface area contributed by atoms with Gasteiger partial charge >= 0.3 is 0 Å². The molecule has 0 heterocycles. The smallest absolute Gasteiger partial charge is 0.271 e. The Morgan fingerprint density at radius 1 is 1.05 bits per heavy atom. The molecule has 0 radical (unpaired) electrons. The molecule has 4 nitrogen and oxygen atoms in total. The van der Waals surface area contributed by atoms with Gasteiger partial charge in [-0.3, -0.25) is 4.18 Å². The maximum Gasteiger partial charge on any atom is 0.271 e. The Morgan fingerprint density at radius 2 is 1.70 bits per heavy atom. The number of phenols is 1. The molecule has 0 unspecified atom stereocenters. The Kier molecular flexibility index (Phi) is 7.62. The van der Waals surface area contributed by atoms with Gasteiger partial charge in [0.25, 0.3) is 10.1 Å². The molecule has 20 heavy (non-hydrogen) atoms. The van der Waals surface area contributed by atoms with Crippen LogP contribution in [0.15, 0.2) is 24.3 Å². The Bertz CT molecular complexity index is 482. The molecule has 0 bridgehead atoms. The van der Waals surface area contributed by atoms with Gasteiger partial charge in [0.05, 0.1) is 6.61 Å². The molecule has 5 heteroatoms. The zero-order valence-electron chi connectivity index (χ0n) is 12.0. The lowest BCUT2D eigenvalue weighted by atomic mass is 10.1. The first-order valence-electron chi connectivity index (χ1n) is 7.19. The van der Waals surface area contributed by atoms with Gasteiger partial charge in [-0.25, -0.2) is 0 Å². The average Bonchev–Trinajstić information content (AvgIpc) is 2.40. The van der Waals surface area contributed by atoms with E-state index in [4.69, 9.17) is 4.18 Å². The van der Waals surface area contributed by atoms with Crippen molar-refractivity contribution in [2.45, 2.75) is 51.2 Å². The summed E-state index contributed by atoms with van der Waals surface area (Å²) < 4.78 is 28.5. The van der Waals surface area contributed by atoms with E-state index in [0.29, 0.717) is 5.56 Å². The van der Waals surface area contributed by atoms with Crippen LogP contribution in [0.3, 0.4) is 0 Å². The van der Waals surface area contributed by atoms with Crippen molar-refractivity contribution in [3.05, 3.63) is 29.8 Å². The van der Waals surface area contributed by atoms with Gasteiger partial charge in [-0.2, -0.15) is 8.42 Å². The lowest BCUT2D eigenvalue weighted by Crippen LogP contribution is -2.10. The van der Waals surface area contributed by atoms with E-state index in [-0.39, 0.29) is 18.1 Å². The summed E-state index contributed by atoms with van der Waals surface area (Å²) in [6.07, 6.45) is 6.49. The molecule has 0 saturated carbocycles. The lowest BCUT2D eigenvalue weighted by molar-refractivity contribution is 0.305. The van der Waals surface area contributed by atoms with E-state index >= 15 is 0 Å². The quantitative estimate of drug-likeness (QED) is 0.529. The normalized spacial score (nSPS) is 11.7. The van der Waals surface area contributed by atoms with E-state index in [9.17, 15) is 13.5 Å². The fraction of sp³-hybridized carbons (Fsp3) is 0.600. The van der Waals surface area contributed by atoms with Crippen LogP contribution in [0.1, 0.15) is 51.0 Å². The van der Waals surface area contributed by atoms with Gasteiger partial charge < -0.3 is 5.11 Å². The van der Waals surface area contributed by atoms with Crippen LogP contribution in [0.25, 0.3) is 0 Å². The maximum atomic E-state index is 11.8. The molecule has 0 aliphatic heterocycles. The molecule has 0 fully saturated rings. The predicted molar refractivity (Wildman–Crippen MR) is 80.1 cm³/mol. The summed E-state index contributed by atoms with van der Waals surface area (Å²) in [7, 11) is -3.61. The molecule has 1 aromatic rings. The van der Waals surface area contributed by atoms with Crippen LogP contribution in [0.4, 0.5) is 0 Å². The summed E-state index contributed by atoms with van der Waals surface area (Å²) in [6.45, 7) is 2.39. The molecule has 0 atom stereocenters. The minimum Gasteiger partial charge on any atom is -0.508 e. The number of hydrogen-bond donors (Lipinski definition) is 1. The first-order valence-corrected chi connectivity index (χ1v) is 8.77. The van der Waals surface area contributed by atoms with Crippen LogP contribution < -0.4 is 0 Å². The summed E-state index contributed by atoms with van der Waals surface area (Å²) in [6, 6.07) is 6.40. The standard InChI is InChI=1S/C15H24O4S/c1-2-3-4-5-6-9-12-19-20(17,18)13-14-10-7-8-11-15(14)16/h7-8,10-11,16H,2-6,9,12-13H2,1H3. The summed E-state index contributed by atoms with van der Waals surface area (Å²) in [5.41, 5.74) is 0.371. The van der Waals surface area contributed by atoms with E-state index in [1.165, 1.54) is 25.3 Å². The zero-order valence-corrected chi connectivity index (χ0v) is 12.9. The average molecular weight is 300 g/mol. The molecule has 0 spiro atoms. The maximum absolute atomic E-state index is 11.8. The number of rotatable bonds is 10. The number of hydrogen-bond acceptors (Lipinski definition) is 4. The van der Waals surface area contributed by atoms with Gasteiger partial charge in [-0.05, 0) is 12.5 Å². The highest BCUT2D eigenvalue weighted by Gasteiger charge is 2.14. The molecule has 1 aromatic carbocycles. The molecule has 1 rings (SSSR count). The van der Waals surface area contributed by atoms with Crippen molar-refractivity contribution in [1.82, 2.24) is 0 Å². The van der Waals surface area contributed by atoms with E-state index in [2.05, 4.69) is 6.92 Å². The fourth-order valence-corrected chi connectivity index (χ4v) is 3.01. The van der Waals surface area contributed by atoms with Gasteiger partial charge in [-0.1, -0.05) is 57.2 Å². The SMILES string of the molecule is CCCCCCCCOS(=O)(=O)Cc1ccccc1O. The van der Waals surface area contributed by atoms with Crippen molar-refractivity contribution in [3.63, 3.8) is 0 Å². The number of benzene rings is 1. The summed E-state index contributed by atoms with van der Waals surface area (Å²) in [5, 5.41) is 9.55. The highest BCUT2D eigenvalue weighted by molar-refractivity contribution is 7.85. The number of para-hydroxylation sites is 1. The van der Waals surface area contributed by atoms with E-state index in [0.717, 1.165) is 19.3 Å². The Morgan fingerprint density at radius 3 is 2.40 bits per heavy atom. The molecule has 0 saturated heterocycles. The van der Waals surface area contributed by atoms with Crippen molar-refractivity contribution in [3.8, 4) is 5.75 Å². The van der Waals surface area contributed by atoms with Crippen molar-refractivity contribution < 1.29 is 17.7 Å². The monoisotopic (exact) mass is 300 g/mol. The zero-order chi connectivity index (χ0) is 14.8. The fourth-order valence-electron chi connectivity index (χ4n) is 1.93. The van der Waals surface area contributed by atoms with Crippen LogP contribution in [-0.4, -0.2) is 20.1 Å². The Hall–Kier alpha value is -1.07. The van der Waals surface area contributed by atoms with Crippen molar-refractivity contribution >= 4 is 10.1 Å². The van der Waals surface area contributed by atoms with Gasteiger partial charge in [0.1, 0.15) is 11.5 Å². The molecule has 0 aromatic heterocycles. The minimum absolute atomic E-state index is 0.0146. The van der Waals surface area contributed by atoms with Crippen molar-refractivity contribution in [2.75, 3.05) is 6.61 Å². The lowest BCUT2D eigenvalue weighted by Gasteiger charge is -2.07. The summed E-state index contributed by atoms with van der Waals surface area (Å²) >= 11 is 0. The van der Waals surface area contributed by atoms with Crippen LogP contribution in [0, 0.1) is 0 Å². The first-order chi connectivity index (χ1) is 9.55.